The Hall–Kier alpha value is -2.43. The fourth-order valence-corrected chi connectivity index (χ4v) is 3.50. The number of hydrogen-bond acceptors (Lipinski definition) is 4. The van der Waals surface area contributed by atoms with Gasteiger partial charge in [0.05, 0.1) is 11.6 Å². The van der Waals surface area contributed by atoms with E-state index < -0.39 is 11.7 Å². The number of pyridine rings is 1. The third-order valence-corrected chi connectivity index (χ3v) is 5.19. The number of aromatic nitrogens is 1. The highest BCUT2D eigenvalue weighted by Crippen LogP contribution is 2.36. The molecule has 0 fully saturated rings. The molecule has 1 unspecified atom stereocenters. The highest BCUT2D eigenvalue weighted by Gasteiger charge is 2.35. The van der Waals surface area contributed by atoms with Gasteiger partial charge in [-0.25, -0.2) is 0 Å². The quantitative estimate of drug-likeness (QED) is 0.704. The lowest BCUT2D eigenvalue weighted by Crippen LogP contribution is -2.46. The molecule has 0 saturated heterocycles. The molecule has 28 heavy (non-hydrogen) atoms. The molecule has 2 heterocycles. The Kier molecular flexibility index (Phi) is 6.01. The summed E-state index contributed by atoms with van der Waals surface area (Å²) in [7, 11) is 0. The van der Waals surface area contributed by atoms with E-state index in [-0.39, 0.29) is 0 Å². The molecule has 1 aromatic heterocycles. The predicted octanol–water partition coefficient (Wildman–Crippen LogP) is 4.11. The number of aliphatic hydroxyl groups excluding tert-OH is 1. The van der Waals surface area contributed by atoms with Gasteiger partial charge in [-0.2, -0.15) is 0 Å². The van der Waals surface area contributed by atoms with Crippen molar-refractivity contribution in [1.29, 1.82) is 0 Å². The van der Waals surface area contributed by atoms with E-state index in [4.69, 9.17) is 10.5 Å². The Labute approximate surface area is 167 Å². The minimum Gasteiger partial charge on any atom is -0.485 e. The molecule has 3 N–H and O–H groups in total. The summed E-state index contributed by atoms with van der Waals surface area (Å²) in [5.41, 5.74) is 10.4. The Balaban J connectivity index is 0.000000211. The van der Waals surface area contributed by atoms with Gasteiger partial charge in [-0.15, -0.1) is 0 Å². The molecule has 3 aromatic rings. The number of nitrogens with zero attached hydrogens (tertiary/aromatic N) is 1. The number of fused-ring (bicyclic) bond motifs is 2. The SMILES string of the molecule is Cc1cc(C)c2cc3c(cc2n1)CC(O)C(C)(C)O3.NCCc1ccccc1. The number of aryl methyl sites for hydroxylation is 2. The van der Waals surface area contributed by atoms with E-state index in [1.807, 2.05) is 45.0 Å². The number of rotatable bonds is 2. The van der Waals surface area contributed by atoms with Gasteiger partial charge < -0.3 is 15.6 Å². The number of ether oxygens (including phenoxy) is 1. The average Bonchev–Trinajstić information content (AvgIpc) is 2.63. The molecule has 1 aliphatic rings. The molecule has 1 atom stereocenters. The summed E-state index contributed by atoms with van der Waals surface area (Å²) in [6, 6.07) is 16.4. The zero-order valence-electron chi connectivity index (χ0n) is 17.2. The summed E-state index contributed by atoms with van der Waals surface area (Å²) >= 11 is 0. The minimum atomic E-state index is -0.535. The smallest absolute Gasteiger partial charge is 0.129 e. The van der Waals surface area contributed by atoms with Crippen molar-refractivity contribution in [1.82, 2.24) is 4.98 Å². The first-order valence-corrected chi connectivity index (χ1v) is 9.82. The average molecular weight is 379 g/mol. The van der Waals surface area contributed by atoms with Crippen LogP contribution in [0.5, 0.6) is 5.75 Å². The zero-order valence-corrected chi connectivity index (χ0v) is 17.2. The molecule has 4 rings (SSSR count). The van der Waals surface area contributed by atoms with Crippen molar-refractivity contribution in [2.24, 2.45) is 5.73 Å². The van der Waals surface area contributed by atoms with Gasteiger partial charge in [0, 0.05) is 17.5 Å². The van der Waals surface area contributed by atoms with Gasteiger partial charge in [-0.05, 0) is 75.5 Å². The van der Waals surface area contributed by atoms with Crippen molar-refractivity contribution >= 4 is 10.9 Å². The van der Waals surface area contributed by atoms with Crippen LogP contribution in [0.1, 0.15) is 36.2 Å². The Morgan fingerprint density at radius 1 is 1.14 bits per heavy atom. The highest BCUT2D eigenvalue weighted by atomic mass is 16.5. The second-order valence-corrected chi connectivity index (χ2v) is 8.01. The van der Waals surface area contributed by atoms with Gasteiger partial charge in [-0.1, -0.05) is 30.3 Å². The van der Waals surface area contributed by atoms with Gasteiger partial charge in [0.2, 0.25) is 0 Å². The first kappa shape index (κ1) is 20.3. The normalized spacial score (nSPS) is 17.3. The lowest BCUT2D eigenvalue weighted by molar-refractivity contribution is -0.0410. The standard InChI is InChI=1S/C16H19NO2.C8H11N/c1-9-5-10(2)17-13-6-11-7-15(18)16(3,4)19-14(11)8-12(9)13;9-7-6-8-4-2-1-3-5-8/h5-6,8,15,18H,7H2,1-4H3;1-5H,6-7,9H2. The van der Waals surface area contributed by atoms with Crippen LogP contribution in [0.2, 0.25) is 0 Å². The van der Waals surface area contributed by atoms with Crippen LogP contribution < -0.4 is 10.5 Å². The molecule has 0 radical (unpaired) electrons. The van der Waals surface area contributed by atoms with Gasteiger partial charge in [0.25, 0.3) is 0 Å². The van der Waals surface area contributed by atoms with Crippen molar-refractivity contribution in [3.8, 4) is 5.75 Å². The van der Waals surface area contributed by atoms with Crippen molar-refractivity contribution in [3.05, 3.63) is 70.9 Å². The number of benzene rings is 2. The van der Waals surface area contributed by atoms with Gasteiger partial charge >= 0.3 is 0 Å². The first-order chi connectivity index (χ1) is 13.3. The maximum absolute atomic E-state index is 10.1. The summed E-state index contributed by atoms with van der Waals surface area (Å²) in [5.74, 6) is 0.872. The van der Waals surface area contributed by atoms with Gasteiger partial charge in [-0.3, -0.25) is 4.98 Å². The van der Waals surface area contributed by atoms with Crippen LogP contribution in [-0.4, -0.2) is 28.3 Å². The molecule has 0 spiro atoms. The fraction of sp³-hybridized carbons (Fsp3) is 0.375. The molecule has 4 nitrogen and oxygen atoms in total. The maximum atomic E-state index is 10.1. The third-order valence-electron chi connectivity index (χ3n) is 5.19. The van der Waals surface area contributed by atoms with E-state index in [0.29, 0.717) is 6.42 Å². The Morgan fingerprint density at radius 2 is 1.86 bits per heavy atom. The summed E-state index contributed by atoms with van der Waals surface area (Å²) < 4.78 is 5.95. The topological polar surface area (TPSA) is 68.4 Å². The molecule has 148 valence electrons. The summed E-state index contributed by atoms with van der Waals surface area (Å²) in [5, 5.41) is 11.2. The highest BCUT2D eigenvalue weighted by molar-refractivity contribution is 5.85. The fourth-order valence-electron chi connectivity index (χ4n) is 3.50. The molecular weight excluding hydrogens is 348 g/mol. The van der Waals surface area contributed by atoms with E-state index in [0.717, 1.165) is 40.9 Å². The molecule has 0 saturated carbocycles. The molecule has 0 amide bonds. The number of hydrogen-bond donors (Lipinski definition) is 2. The monoisotopic (exact) mass is 378 g/mol. The van der Waals surface area contributed by atoms with E-state index in [1.165, 1.54) is 11.1 Å². The molecule has 2 aromatic carbocycles. The van der Waals surface area contributed by atoms with Crippen LogP contribution in [0.3, 0.4) is 0 Å². The first-order valence-electron chi connectivity index (χ1n) is 9.82. The second-order valence-electron chi connectivity index (χ2n) is 8.01. The lowest BCUT2D eigenvalue weighted by Gasteiger charge is -2.37. The Bertz CT molecular complexity index is 952. The van der Waals surface area contributed by atoms with Crippen LogP contribution in [0.15, 0.2) is 48.5 Å². The predicted molar refractivity (Wildman–Crippen MR) is 115 cm³/mol. The summed E-state index contributed by atoms with van der Waals surface area (Å²) in [4.78, 5) is 4.57. The van der Waals surface area contributed by atoms with E-state index in [1.54, 1.807) is 0 Å². The van der Waals surface area contributed by atoms with Crippen molar-refractivity contribution < 1.29 is 9.84 Å². The number of aliphatic hydroxyl groups is 1. The molecular formula is C24H30N2O2. The van der Waals surface area contributed by atoms with Crippen molar-refractivity contribution in [3.63, 3.8) is 0 Å². The van der Waals surface area contributed by atoms with Crippen LogP contribution in [0, 0.1) is 13.8 Å². The van der Waals surface area contributed by atoms with Crippen LogP contribution in [0.4, 0.5) is 0 Å². The molecule has 4 heteroatoms. The van der Waals surface area contributed by atoms with Crippen molar-refractivity contribution in [2.45, 2.75) is 52.2 Å². The number of nitrogens with two attached hydrogens (primary N) is 1. The van der Waals surface area contributed by atoms with Crippen LogP contribution >= 0.6 is 0 Å². The van der Waals surface area contributed by atoms with E-state index in [9.17, 15) is 5.11 Å². The zero-order chi connectivity index (χ0) is 20.3. The summed E-state index contributed by atoms with van der Waals surface area (Å²) in [6.07, 6.45) is 1.12. The largest absolute Gasteiger partial charge is 0.485 e. The maximum Gasteiger partial charge on any atom is 0.129 e. The van der Waals surface area contributed by atoms with Gasteiger partial charge in [0.15, 0.2) is 0 Å². The molecule has 1 aliphatic heterocycles. The van der Waals surface area contributed by atoms with E-state index >= 15 is 0 Å². The lowest BCUT2D eigenvalue weighted by atomic mass is 9.90. The Morgan fingerprint density at radius 3 is 2.54 bits per heavy atom. The van der Waals surface area contributed by atoms with Crippen LogP contribution in [-0.2, 0) is 12.8 Å². The van der Waals surface area contributed by atoms with Crippen molar-refractivity contribution in [2.75, 3.05) is 6.54 Å². The minimum absolute atomic E-state index is 0.483. The summed E-state index contributed by atoms with van der Waals surface area (Å²) in [6.45, 7) is 8.67. The van der Waals surface area contributed by atoms with Gasteiger partial charge in [0.1, 0.15) is 11.4 Å². The van der Waals surface area contributed by atoms with Crippen LogP contribution in [0.25, 0.3) is 10.9 Å². The second kappa shape index (κ2) is 8.29. The van der Waals surface area contributed by atoms with E-state index in [2.05, 4.69) is 36.2 Å². The molecule has 0 aliphatic carbocycles. The third kappa shape index (κ3) is 4.51. The molecule has 0 bridgehead atoms.